The highest BCUT2D eigenvalue weighted by atomic mass is 16.5. The van der Waals surface area contributed by atoms with Crippen molar-refractivity contribution in [3.05, 3.63) is 0 Å². The van der Waals surface area contributed by atoms with Crippen LogP contribution in [0.1, 0.15) is 389 Å². The summed E-state index contributed by atoms with van der Waals surface area (Å²) < 4.78 is 21.8. The second-order valence-corrected chi connectivity index (χ2v) is 25.3. The molecule has 0 fully saturated rings. The SMILES string of the molecule is CCC(CCCCCCCCCCCCCCCC(=O)OCCCCCC(C)C)C(=O)OCCCCCC(C)C.CCCCCCCCOC(=O)CCCCCCCCCCCCCCCC(CC)C(=O)OCCCCCCCC. The molecule has 80 heavy (non-hydrogen) atoms. The normalized spacial score (nSPS) is 12.1. The van der Waals surface area contributed by atoms with Crippen LogP contribution in [0.4, 0.5) is 0 Å². The molecule has 2 atom stereocenters. The molecule has 0 aromatic heterocycles. The molecule has 0 bridgehead atoms. The minimum Gasteiger partial charge on any atom is -0.466 e. The minimum absolute atomic E-state index is 0.0000439. The lowest BCUT2D eigenvalue weighted by molar-refractivity contribution is -0.150. The monoisotopic (exact) mass is 1130 g/mol. The van der Waals surface area contributed by atoms with Gasteiger partial charge in [-0.05, 0) is 76.0 Å². The zero-order valence-electron chi connectivity index (χ0n) is 55.2. The zero-order valence-corrected chi connectivity index (χ0v) is 55.2. The van der Waals surface area contributed by atoms with Gasteiger partial charge in [0.2, 0.25) is 0 Å². The van der Waals surface area contributed by atoms with E-state index < -0.39 is 0 Å². The van der Waals surface area contributed by atoms with Crippen molar-refractivity contribution in [1.29, 1.82) is 0 Å². The van der Waals surface area contributed by atoms with E-state index in [1.54, 1.807) is 0 Å². The van der Waals surface area contributed by atoms with E-state index in [-0.39, 0.29) is 35.7 Å². The van der Waals surface area contributed by atoms with Crippen LogP contribution in [0.2, 0.25) is 0 Å². The molecule has 0 aromatic rings. The van der Waals surface area contributed by atoms with Crippen molar-refractivity contribution < 1.29 is 38.1 Å². The second kappa shape index (κ2) is 66.0. The lowest BCUT2D eigenvalue weighted by Gasteiger charge is -2.14. The van der Waals surface area contributed by atoms with Crippen molar-refractivity contribution in [1.82, 2.24) is 0 Å². The molecule has 476 valence electrons. The molecule has 8 nitrogen and oxygen atoms in total. The van der Waals surface area contributed by atoms with Crippen molar-refractivity contribution >= 4 is 23.9 Å². The third-order valence-corrected chi connectivity index (χ3v) is 16.4. The van der Waals surface area contributed by atoms with Gasteiger partial charge < -0.3 is 18.9 Å². The number of carbonyl (C=O) groups is 4. The van der Waals surface area contributed by atoms with Crippen molar-refractivity contribution in [2.24, 2.45) is 23.7 Å². The largest absolute Gasteiger partial charge is 0.466 e. The summed E-state index contributed by atoms with van der Waals surface area (Å²) in [5.41, 5.74) is 0. The predicted octanol–water partition coefficient (Wildman–Crippen LogP) is 23.1. The number of hydrogen-bond acceptors (Lipinski definition) is 8. The molecule has 0 rings (SSSR count). The van der Waals surface area contributed by atoms with Crippen molar-refractivity contribution in [2.75, 3.05) is 26.4 Å². The highest BCUT2D eigenvalue weighted by Gasteiger charge is 2.18. The van der Waals surface area contributed by atoms with E-state index in [0.717, 1.165) is 102 Å². The molecule has 2 unspecified atom stereocenters. The molecule has 0 saturated heterocycles. The lowest BCUT2D eigenvalue weighted by atomic mass is 9.97. The molecule has 0 aliphatic carbocycles. The van der Waals surface area contributed by atoms with Gasteiger partial charge in [0.05, 0.1) is 38.3 Å². The van der Waals surface area contributed by atoms with E-state index in [4.69, 9.17) is 18.9 Å². The maximum atomic E-state index is 12.3. The van der Waals surface area contributed by atoms with Gasteiger partial charge in [0.15, 0.2) is 0 Å². The van der Waals surface area contributed by atoms with E-state index in [0.29, 0.717) is 39.3 Å². The summed E-state index contributed by atoms with van der Waals surface area (Å²) in [6.07, 6.45) is 61.9. The Bertz CT molecular complexity index is 1280. The van der Waals surface area contributed by atoms with Gasteiger partial charge in [-0.3, -0.25) is 19.2 Å². The van der Waals surface area contributed by atoms with Gasteiger partial charge in [0.1, 0.15) is 0 Å². The Labute approximate surface area is 499 Å². The molecule has 0 heterocycles. The molecule has 0 saturated carbocycles. The Morgan fingerprint density at radius 3 is 0.725 bits per heavy atom. The third kappa shape index (κ3) is 63.5. The smallest absolute Gasteiger partial charge is 0.308 e. The Balaban J connectivity index is 0. The molecular formula is C72H140O8. The van der Waals surface area contributed by atoms with E-state index >= 15 is 0 Å². The molecule has 0 aliphatic heterocycles. The van der Waals surface area contributed by atoms with Gasteiger partial charge in [0, 0.05) is 12.8 Å². The van der Waals surface area contributed by atoms with Crippen LogP contribution in [0.3, 0.4) is 0 Å². The maximum Gasteiger partial charge on any atom is 0.308 e. The summed E-state index contributed by atoms with van der Waals surface area (Å²) in [5.74, 6) is 1.80. The van der Waals surface area contributed by atoms with Crippen LogP contribution >= 0.6 is 0 Å². The van der Waals surface area contributed by atoms with Crippen LogP contribution in [-0.2, 0) is 38.1 Å². The van der Waals surface area contributed by atoms with Gasteiger partial charge in [-0.15, -0.1) is 0 Å². The first-order valence-corrected chi connectivity index (χ1v) is 35.7. The summed E-state index contributed by atoms with van der Waals surface area (Å²) in [4.78, 5) is 48.3. The number of unbranched alkanes of at least 4 members (excludes halogenated alkanes) is 38. The van der Waals surface area contributed by atoms with Crippen molar-refractivity contribution in [2.45, 2.75) is 389 Å². The van der Waals surface area contributed by atoms with Gasteiger partial charge >= 0.3 is 23.9 Å². The number of esters is 4. The molecule has 0 N–H and O–H groups in total. The van der Waals surface area contributed by atoms with Crippen LogP contribution in [0.15, 0.2) is 0 Å². The average Bonchev–Trinajstić information content (AvgIpc) is 3.44. The molecule has 0 aliphatic rings. The van der Waals surface area contributed by atoms with E-state index in [1.807, 2.05) is 0 Å². The standard InChI is InChI=1S/2C36H70O4/c1-6-34(36(38)40-31-25-19-21-27-33(4)5)28-22-16-14-12-10-8-7-9-11-13-15-17-23-29-35(37)39-30-24-18-20-26-32(2)3;1-4-7-9-11-24-28-32-39-35(37)31-27-23-21-19-17-15-13-14-16-18-20-22-26-30-34(6-3)36(38)40-33-29-25-12-10-8-5-2/h32-34H,6-31H2,1-5H3;34H,4-33H2,1-3H3. The molecule has 0 amide bonds. The highest BCUT2D eigenvalue weighted by molar-refractivity contribution is 5.72. The van der Waals surface area contributed by atoms with Gasteiger partial charge in [-0.1, -0.05) is 312 Å². The van der Waals surface area contributed by atoms with E-state index in [9.17, 15) is 19.2 Å². The Morgan fingerprint density at radius 2 is 0.463 bits per heavy atom. The average molecular weight is 1130 g/mol. The van der Waals surface area contributed by atoms with Crippen molar-refractivity contribution in [3.8, 4) is 0 Å². The molecule has 8 heteroatoms. The fraction of sp³-hybridized carbons (Fsp3) is 0.944. The zero-order chi connectivity index (χ0) is 59.0. The second-order valence-electron chi connectivity index (χ2n) is 25.3. The quantitative estimate of drug-likeness (QED) is 0.0337. The van der Waals surface area contributed by atoms with E-state index in [2.05, 4.69) is 55.4 Å². The van der Waals surface area contributed by atoms with Gasteiger partial charge in [0.25, 0.3) is 0 Å². The molecule has 0 aromatic carbocycles. The molecule has 0 spiro atoms. The molecular weight excluding hydrogens is 993 g/mol. The summed E-state index contributed by atoms with van der Waals surface area (Å²) in [6, 6.07) is 0. The number of hydrogen-bond donors (Lipinski definition) is 0. The summed E-state index contributed by atoms with van der Waals surface area (Å²) in [6.45, 7) is 20.2. The summed E-state index contributed by atoms with van der Waals surface area (Å²) >= 11 is 0. The van der Waals surface area contributed by atoms with Crippen molar-refractivity contribution in [3.63, 3.8) is 0 Å². The molecule has 0 radical (unpaired) electrons. The minimum atomic E-state index is -0.00482. The topological polar surface area (TPSA) is 105 Å². The lowest BCUT2D eigenvalue weighted by Crippen LogP contribution is -2.17. The van der Waals surface area contributed by atoms with Crippen LogP contribution in [0, 0.1) is 23.7 Å². The first kappa shape index (κ1) is 79.9. The fourth-order valence-electron chi connectivity index (χ4n) is 10.7. The number of carbonyl (C=O) groups excluding carboxylic acids is 4. The number of ether oxygens (including phenoxy) is 4. The van der Waals surface area contributed by atoms with Crippen LogP contribution in [0.25, 0.3) is 0 Å². The predicted molar refractivity (Wildman–Crippen MR) is 343 cm³/mol. The first-order valence-electron chi connectivity index (χ1n) is 35.7. The fourth-order valence-corrected chi connectivity index (χ4v) is 10.7. The number of rotatable bonds is 62. The summed E-state index contributed by atoms with van der Waals surface area (Å²) in [5, 5.41) is 0. The highest BCUT2D eigenvalue weighted by Crippen LogP contribution is 2.21. The van der Waals surface area contributed by atoms with Gasteiger partial charge in [-0.25, -0.2) is 0 Å². The van der Waals surface area contributed by atoms with E-state index in [1.165, 1.54) is 231 Å². The van der Waals surface area contributed by atoms with Gasteiger partial charge in [-0.2, -0.15) is 0 Å². The maximum absolute atomic E-state index is 12.3. The Kier molecular flexibility index (Phi) is 66.0. The summed E-state index contributed by atoms with van der Waals surface area (Å²) in [7, 11) is 0. The van der Waals surface area contributed by atoms with Crippen LogP contribution in [-0.4, -0.2) is 50.3 Å². The van der Waals surface area contributed by atoms with Crippen LogP contribution < -0.4 is 0 Å². The Morgan fingerprint density at radius 1 is 0.250 bits per heavy atom. The third-order valence-electron chi connectivity index (χ3n) is 16.4. The Hall–Kier alpha value is -2.12. The first-order chi connectivity index (χ1) is 39.0. The van der Waals surface area contributed by atoms with Crippen LogP contribution in [0.5, 0.6) is 0 Å².